The topological polar surface area (TPSA) is 163 Å². The van der Waals surface area contributed by atoms with Crippen LogP contribution in [-0.4, -0.2) is 63.6 Å². The third-order valence-corrected chi connectivity index (χ3v) is 2.50. The first-order chi connectivity index (χ1) is 10.7. The van der Waals surface area contributed by atoms with Gasteiger partial charge >= 0.3 is 17.6 Å². The second-order valence-electron chi connectivity index (χ2n) is 4.20. The van der Waals surface area contributed by atoms with Gasteiger partial charge in [-0.15, -0.1) is 0 Å². The second kappa shape index (κ2) is 7.59. The number of aromatic hydroxyl groups is 1. The highest BCUT2D eigenvalue weighted by molar-refractivity contribution is 5.83. The van der Waals surface area contributed by atoms with E-state index < -0.39 is 41.4 Å². The Morgan fingerprint density at radius 3 is 2.35 bits per heavy atom. The SMILES string of the molecule is COc1cc(/C=N\N(CC(=O)O)CC(=O)O)cc([N+](=O)[O-])c1O. The van der Waals surface area contributed by atoms with Gasteiger partial charge in [0, 0.05) is 11.6 Å². The van der Waals surface area contributed by atoms with Crippen LogP contribution in [0.2, 0.25) is 0 Å². The van der Waals surface area contributed by atoms with E-state index in [-0.39, 0.29) is 11.3 Å². The van der Waals surface area contributed by atoms with E-state index in [1.165, 1.54) is 13.2 Å². The number of carboxylic acids is 2. The molecule has 0 aliphatic carbocycles. The highest BCUT2D eigenvalue weighted by Gasteiger charge is 2.19. The van der Waals surface area contributed by atoms with Crippen LogP contribution in [-0.2, 0) is 9.59 Å². The summed E-state index contributed by atoms with van der Waals surface area (Å²) in [7, 11) is 1.20. The summed E-state index contributed by atoms with van der Waals surface area (Å²) < 4.78 is 4.79. The van der Waals surface area contributed by atoms with Gasteiger partial charge in [-0.3, -0.25) is 24.7 Å². The van der Waals surface area contributed by atoms with Crippen molar-refractivity contribution in [2.24, 2.45) is 5.10 Å². The van der Waals surface area contributed by atoms with Crippen molar-refractivity contribution in [3.63, 3.8) is 0 Å². The summed E-state index contributed by atoms with van der Waals surface area (Å²) in [5.41, 5.74) is -0.513. The van der Waals surface area contributed by atoms with Crippen LogP contribution < -0.4 is 4.74 Å². The normalized spacial score (nSPS) is 10.5. The molecule has 0 radical (unpaired) electrons. The minimum absolute atomic E-state index is 0.118. The predicted octanol–water partition coefficient (Wildman–Crippen LogP) is 0.114. The molecule has 0 bridgehead atoms. The molecule has 0 atom stereocenters. The van der Waals surface area contributed by atoms with Crippen molar-refractivity contribution in [3.8, 4) is 11.5 Å². The number of hydrogen-bond donors (Lipinski definition) is 3. The largest absolute Gasteiger partial charge is 0.500 e. The maximum Gasteiger partial charge on any atom is 0.324 e. The fraction of sp³-hybridized carbons (Fsp3) is 0.250. The number of aliphatic carboxylic acids is 2. The van der Waals surface area contributed by atoms with Crippen molar-refractivity contribution < 1.29 is 34.6 Å². The first-order valence-electron chi connectivity index (χ1n) is 6.02. The van der Waals surface area contributed by atoms with Gasteiger partial charge in [-0.2, -0.15) is 5.10 Å². The van der Waals surface area contributed by atoms with Crippen molar-refractivity contribution in [1.29, 1.82) is 0 Å². The summed E-state index contributed by atoms with van der Waals surface area (Å²) >= 11 is 0. The number of phenolic OH excluding ortho intramolecular Hbond substituents is 1. The first-order valence-corrected chi connectivity index (χ1v) is 6.02. The van der Waals surface area contributed by atoms with Crippen molar-refractivity contribution in [2.75, 3.05) is 20.2 Å². The minimum Gasteiger partial charge on any atom is -0.500 e. The maximum absolute atomic E-state index is 10.9. The molecule has 124 valence electrons. The summed E-state index contributed by atoms with van der Waals surface area (Å²) in [4.78, 5) is 31.3. The Balaban J connectivity index is 3.13. The fourth-order valence-corrected chi connectivity index (χ4v) is 1.58. The molecule has 3 N–H and O–H groups in total. The van der Waals surface area contributed by atoms with Gasteiger partial charge in [-0.05, 0) is 6.07 Å². The van der Waals surface area contributed by atoms with E-state index in [2.05, 4.69) is 5.10 Å². The molecule has 1 rings (SSSR count). The number of rotatable bonds is 8. The van der Waals surface area contributed by atoms with Gasteiger partial charge in [0.1, 0.15) is 13.1 Å². The van der Waals surface area contributed by atoms with Crippen LogP contribution in [0, 0.1) is 10.1 Å². The Kier molecular flexibility index (Phi) is 5.83. The number of nitro groups is 1. The van der Waals surface area contributed by atoms with Crippen molar-refractivity contribution in [2.45, 2.75) is 0 Å². The van der Waals surface area contributed by atoms with E-state index in [0.717, 1.165) is 17.3 Å². The molecule has 23 heavy (non-hydrogen) atoms. The maximum atomic E-state index is 10.9. The molecule has 0 unspecified atom stereocenters. The van der Waals surface area contributed by atoms with E-state index in [0.29, 0.717) is 0 Å². The average molecular weight is 327 g/mol. The van der Waals surface area contributed by atoms with Crippen LogP contribution in [0.5, 0.6) is 11.5 Å². The molecule has 0 saturated heterocycles. The molecule has 11 nitrogen and oxygen atoms in total. The van der Waals surface area contributed by atoms with E-state index in [9.17, 15) is 24.8 Å². The van der Waals surface area contributed by atoms with Gasteiger partial charge in [0.25, 0.3) is 0 Å². The number of benzene rings is 1. The van der Waals surface area contributed by atoms with Gasteiger partial charge in [-0.25, -0.2) is 0 Å². The van der Waals surface area contributed by atoms with Crippen LogP contribution >= 0.6 is 0 Å². The lowest BCUT2D eigenvalue weighted by Gasteiger charge is -2.13. The first kappa shape index (κ1) is 17.7. The number of ether oxygens (including phenoxy) is 1. The number of hydrazone groups is 1. The molecular formula is C12H13N3O8. The molecule has 0 fully saturated rings. The van der Waals surface area contributed by atoms with Crippen LogP contribution in [0.25, 0.3) is 0 Å². The fourth-order valence-electron chi connectivity index (χ4n) is 1.58. The molecule has 0 amide bonds. The number of nitrogens with zero attached hydrogens (tertiary/aromatic N) is 3. The summed E-state index contributed by atoms with van der Waals surface area (Å²) in [5, 5.41) is 42.2. The monoisotopic (exact) mass is 327 g/mol. The lowest BCUT2D eigenvalue weighted by molar-refractivity contribution is -0.386. The van der Waals surface area contributed by atoms with Crippen LogP contribution in [0.1, 0.15) is 5.56 Å². The molecule has 1 aromatic rings. The van der Waals surface area contributed by atoms with Gasteiger partial charge in [0.15, 0.2) is 5.75 Å². The molecular weight excluding hydrogens is 314 g/mol. The zero-order chi connectivity index (χ0) is 17.6. The molecule has 1 aromatic carbocycles. The van der Waals surface area contributed by atoms with Gasteiger partial charge in [-0.1, -0.05) is 0 Å². The van der Waals surface area contributed by atoms with Crippen molar-refractivity contribution in [3.05, 3.63) is 27.8 Å². The summed E-state index contributed by atoms with van der Waals surface area (Å²) in [6.45, 7) is -1.33. The molecule has 0 saturated carbocycles. The van der Waals surface area contributed by atoms with Crippen LogP contribution in [0.15, 0.2) is 17.2 Å². The zero-order valence-electron chi connectivity index (χ0n) is 11.9. The van der Waals surface area contributed by atoms with Gasteiger partial charge in [0.2, 0.25) is 5.75 Å². The second-order valence-corrected chi connectivity index (χ2v) is 4.20. The average Bonchev–Trinajstić information content (AvgIpc) is 2.44. The van der Waals surface area contributed by atoms with E-state index in [1.54, 1.807) is 0 Å². The number of methoxy groups -OCH3 is 1. The van der Waals surface area contributed by atoms with Crippen molar-refractivity contribution >= 4 is 23.8 Å². The lowest BCUT2D eigenvalue weighted by atomic mass is 10.2. The third kappa shape index (κ3) is 5.15. The van der Waals surface area contributed by atoms with Gasteiger partial charge < -0.3 is 20.1 Å². The number of carbonyl (C=O) groups is 2. The number of carboxylic acid groups (broad SMARTS) is 2. The predicted molar refractivity (Wildman–Crippen MR) is 75.8 cm³/mol. The van der Waals surface area contributed by atoms with E-state index >= 15 is 0 Å². The third-order valence-electron chi connectivity index (χ3n) is 2.50. The Bertz CT molecular complexity index is 642. The van der Waals surface area contributed by atoms with E-state index in [4.69, 9.17) is 14.9 Å². The molecule has 0 aromatic heterocycles. The van der Waals surface area contributed by atoms with E-state index in [1.807, 2.05) is 0 Å². The quantitative estimate of drug-likeness (QED) is 0.341. The Labute approximate surface area is 129 Å². The van der Waals surface area contributed by atoms with Gasteiger partial charge in [0.05, 0.1) is 18.2 Å². The molecule has 0 aliphatic rings. The standard InChI is InChI=1S/C12H13N3O8/c1-23-9-3-7(2-8(12(9)20)15(21)22)4-13-14(5-10(16)17)6-11(18)19/h2-4,20H,5-6H2,1H3,(H,16,17)(H,18,19)/b13-4-. The molecule has 11 heteroatoms. The number of phenols is 1. The summed E-state index contributed by atoms with van der Waals surface area (Å²) in [5.74, 6) is -3.43. The zero-order valence-corrected chi connectivity index (χ0v) is 11.9. The van der Waals surface area contributed by atoms with Crippen LogP contribution in [0.4, 0.5) is 5.69 Å². The molecule has 0 spiro atoms. The Morgan fingerprint density at radius 1 is 1.35 bits per heavy atom. The molecule has 0 aliphatic heterocycles. The summed E-state index contributed by atoms with van der Waals surface area (Å²) in [6.07, 6.45) is 1.03. The molecule has 0 heterocycles. The highest BCUT2D eigenvalue weighted by atomic mass is 16.6. The summed E-state index contributed by atoms with van der Waals surface area (Å²) in [6, 6.07) is 2.21. The van der Waals surface area contributed by atoms with Crippen LogP contribution in [0.3, 0.4) is 0 Å². The Morgan fingerprint density at radius 2 is 1.91 bits per heavy atom. The highest BCUT2D eigenvalue weighted by Crippen LogP contribution is 2.36. The smallest absolute Gasteiger partial charge is 0.324 e. The number of hydrogen-bond acceptors (Lipinski definition) is 8. The minimum atomic E-state index is -1.29. The van der Waals surface area contributed by atoms with Crippen molar-refractivity contribution in [1.82, 2.24) is 5.01 Å². The lowest BCUT2D eigenvalue weighted by Crippen LogP contribution is -2.30. The Hall–Kier alpha value is -3.37. The number of nitro benzene ring substituents is 1.